The summed E-state index contributed by atoms with van der Waals surface area (Å²) in [4.78, 5) is 9.53. The van der Waals surface area contributed by atoms with Gasteiger partial charge in [0.05, 0.1) is 11.4 Å². The van der Waals surface area contributed by atoms with Crippen molar-refractivity contribution in [2.75, 3.05) is 0 Å². The molecule has 256 valence electrons. The van der Waals surface area contributed by atoms with Gasteiger partial charge in [0.2, 0.25) is 5.78 Å². The standard InChI is InChI=1S/C52H33N3/c1-2-13-37(14-3-1)50-51(55-30-10-29-53-52(55)54-50)38-23-19-36(20-24-38)41-27-28-46-47(33-41)49(43-26-22-35-12-5-7-16-40(35)32-43)45-18-9-8-17-44(45)48(46)42-25-21-34-11-4-6-15-39(34)31-42/h1-33H. The predicted octanol–water partition coefficient (Wildman–Crippen LogP) is 13.7. The normalized spacial score (nSPS) is 11.6. The van der Waals surface area contributed by atoms with Gasteiger partial charge in [-0.2, -0.15) is 0 Å². The van der Waals surface area contributed by atoms with Gasteiger partial charge in [-0.3, -0.25) is 4.40 Å². The summed E-state index contributed by atoms with van der Waals surface area (Å²) >= 11 is 0. The average Bonchev–Trinajstić information content (AvgIpc) is 3.65. The van der Waals surface area contributed by atoms with E-state index in [9.17, 15) is 0 Å². The molecule has 0 aliphatic heterocycles. The quantitative estimate of drug-likeness (QED) is 0.167. The van der Waals surface area contributed by atoms with Gasteiger partial charge in [0.1, 0.15) is 0 Å². The van der Waals surface area contributed by atoms with E-state index < -0.39 is 0 Å². The van der Waals surface area contributed by atoms with Gasteiger partial charge >= 0.3 is 0 Å². The fourth-order valence-corrected chi connectivity index (χ4v) is 8.45. The first-order valence-electron chi connectivity index (χ1n) is 18.7. The summed E-state index contributed by atoms with van der Waals surface area (Å²) in [7, 11) is 0. The van der Waals surface area contributed by atoms with Crippen LogP contribution in [0, 0.1) is 0 Å². The Bertz CT molecular complexity index is 3250. The molecule has 0 N–H and O–H groups in total. The van der Waals surface area contributed by atoms with E-state index in [2.05, 4.69) is 185 Å². The summed E-state index contributed by atoms with van der Waals surface area (Å²) in [6.45, 7) is 0. The second-order valence-electron chi connectivity index (χ2n) is 14.2. The SMILES string of the molecule is c1ccc(-c2nc3ncccn3c2-c2ccc(-c3ccc4c(-c5ccc6ccccc6c5)c5ccccc5c(-c5ccc6ccccc6c5)c4c3)cc2)cc1. The lowest BCUT2D eigenvalue weighted by atomic mass is 9.84. The molecule has 0 aliphatic carbocycles. The Morgan fingerprint density at radius 3 is 1.55 bits per heavy atom. The number of imidazole rings is 1. The van der Waals surface area contributed by atoms with E-state index in [-0.39, 0.29) is 0 Å². The first kappa shape index (κ1) is 31.2. The molecule has 0 fully saturated rings. The van der Waals surface area contributed by atoms with Crippen molar-refractivity contribution in [1.82, 2.24) is 14.4 Å². The van der Waals surface area contributed by atoms with E-state index in [4.69, 9.17) is 4.98 Å². The fourth-order valence-electron chi connectivity index (χ4n) is 8.45. The van der Waals surface area contributed by atoms with E-state index in [1.165, 1.54) is 70.9 Å². The minimum absolute atomic E-state index is 0.686. The number of hydrogen-bond acceptors (Lipinski definition) is 2. The first-order chi connectivity index (χ1) is 27.3. The highest BCUT2D eigenvalue weighted by Gasteiger charge is 2.20. The molecular formula is C52H33N3. The highest BCUT2D eigenvalue weighted by molar-refractivity contribution is 6.22. The van der Waals surface area contributed by atoms with E-state index in [0.29, 0.717) is 5.78 Å². The van der Waals surface area contributed by atoms with Gasteiger partial charge in [0.15, 0.2) is 0 Å². The van der Waals surface area contributed by atoms with E-state index in [1.54, 1.807) is 6.20 Å². The topological polar surface area (TPSA) is 30.2 Å². The molecule has 2 aromatic heterocycles. The van der Waals surface area contributed by atoms with Crippen LogP contribution >= 0.6 is 0 Å². The fraction of sp³-hybridized carbons (Fsp3) is 0. The minimum Gasteiger partial charge on any atom is -0.283 e. The van der Waals surface area contributed by atoms with Crippen LogP contribution in [-0.2, 0) is 0 Å². The lowest BCUT2D eigenvalue weighted by Gasteiger charge is -2.19. The van der Waals surface area contributed by atoms with Crippen molar-refractivity contribution in [3.8, 4) is 55.9 Å². The van der Waals surface area contributed by atoms with Gasteiger partial charge in [-0.1, -0.05) is 164 Å². The van der Waals surface area contributed by atoms with Gasteiger partial charge in [-0.05, 0) is 101 Å². The molecule has 0 radical (unpaired) electrons. The molecule has 0 amide bonds. The van der Waals surface area contributed by atoms with E-state index in [0.717, 1.165) is 28.1 Å². The highest BCUT2D eigenvalue weighted by atomic mass is 15.1. The largest absolute Gasteiger partial charge is 0.283 e. The van der Waals surface area contributed by atoms with Crippen LogP contribution in [0.4, 0.5) is 0 Å². The Labute approximate surface area is 318 Å². The molecule has 0 saturated carbocycles. The molecule has 11 rings (SSSR count). The van der Waals surface area contributed by atoms with Crippen molar-refractivity contribution >= 4 is 48.9 Å². The van der Waals surface area contributed by atoms with E-state index >= 15 is 0 Å². The molecule has 0 unspecified atom stereocenters. The summed E-state index contributed by atoms with van der Waals surface area (Å²) in [5, 5.41) is 9.93. The number of nitrogens with zero attached hydrogens (tertiary/aromatic N) is 3. The zero-order valence-corrected chi connectivity index (χ0v) is 29.9. The molecule has 0 atom stereocenters. The zero-order valence-electron chi connectivity index (χ0n) is 29.9. The molecule has 0 aliphatic rings. The number of aromatic nitrogens is 3. The van der Waals surface area contributed by atoms with Crippen LogP contribution in [0.1, 0.15) is 0 Å². The number of fused-ring (bicyclic) bond motifs is 5. The van der Waals surface area contributed by atoms with Crippen LogP contribution in [0.3, 0.4) is 0 Å². The summed E-state index contributed by atoms with van der Waals surface area (Å²) < 4.78 is 2.09. The van der Waals surface area contributed by atoms with Gasteiger partial charge < -0.3 is 0 Å². The number of benzene rings is 9. The molecule has 2 heterocycles. The first-order valence-corrected chi connectivity index (χ1v) is 18.7. The summed E-state index contributed by atoms with van der Waals surface area (Å²) in [5.74, 6) is 0.686. The van der Waals surface area contributed by atoms with Crippen LogP contribution in [-0.4, -0.2) is 14.4 Å². The van der Waals surface area contributed by atoms with Gasteiger partial charge in [0.25, 0.3) is 0 Å². The predicted molar refractivity (Wildman–Crippen MR) is 230 cm³/mol. The Kier molecular flexibility index (Phi) is 7.17. The molecule has 11 aromatic rings. The maximum absolute atomic E-state index is 4.96. The third-order valence-electron chi connectivity index (χ3n) is 11.0. The molecule has 0 bridgehead atoms. The molecule has 55 heavy (non-hydrogen) atoms. The van der Waals surface area contributed by atoms with Crippen molar-refractivity contribution in [1.29, 1.82) is 0 Å². The number of hydrogen-bond donors (Lipinski definition) is 0. The van der Waals surface area contributed by atoms with Crippen LogP contribution in [0.5, 0.6) is 0 Å². The van der Waals surface area contributed by atoms with Crippen LogP contribution in [0.2, 0.25) is 0 Å². The maximum atomic E-state index is 4.96. The Morgan fingerprint density at radius 1 is 0.345 bits per heavy atom. The van der Waals surface area contributed by atoms with Crippen molar-refractivity contribution in [2.45, 2.75) is 0 Å². The smallest absolute Gasteiger partial charge is 0.234 e. The molecular weight excluding hydrogens is 667 g/mol. The highest BCUT2D eigenvalue weighted by Crippen LogP contribution is 2.46. The average molecular weight is 700 g/mol. The van der Waals surface area contributed by atoms with Crippen LogP contribution in [0.25, 0.3) is 105 Å². The monoisotopic (exact) mass is 699 g/mol. The second kappa shape index (κ2) is 12.6. The van der Waals surface area contributed by atoms with Crippen molar-refractivity contribution < 1.29 is 0 Å². The molecule has 3 nitrogen and oxygen atoms in total. The van der Waals surface area contributed by atoms with E-state index in [1.807, 2.05) is 18.3 Å². The van der Waals surface area contributed by atoms with Crippen molar-refractivity contribution in [3.63, 3.8) is 0 Å². The third-order valence-corrected chi connectivity index (χ3v) is 11.0. The summed E-state index contributed by atoms with van der Waals surface area (Å²) in [6, 6.07) is 68.2. The molecule has 0 saturated heterocycles. The Hall–Kier alpha value is -7.36. The third kappa shape index (κ3) is 5.20. The van der Waals surface area contributed by atoms with Gasteiger partial charge in [-0.15, -0.1) is 0 Å². The maximum Gasteiger partial charge on any atom is 0.234 e. The molecule has 0 spiro atoms. The van der Waals surface area contributed by atoms with Gasteiger partial charge in [-0.25, -0.2) is 9.97 Å². The van der Waals surface area contributed by atoms with Gasteiger partial charge in [0, 0.05) is 23.5 Å². The van der Waals surface area contributed by atoms with Crippen LogP contribution < -0.4 is 0 Å². The Balaban J connectivity index is 1.13. The summed E-state index contributed by atoms with van der Waals surface area (Å²) in [5.41, 5.74) is 11.4. The lowest BCUT2D eigenvalue weighted by Crippen LogP contribution is -1.92. The van der Waals surface area contributed by atoms with Crippen molar-refractivity contribution in [2.24, 2.45) is 0 Å². The Morgan fingerprint density at radius 2 is 0.873 bits per heavy atom. The molecule has 3 heteroatoms. The minimum atomic E-state index is 0.686. The number of rotatable bonds is 5. The molecule has 9 aromatic carbocycles. The second-order valence-corrected chi connectivity index (χ2v) is 14.2. The van der Waals surface area contributed by atoms with Crippen LogP contribution in [0.15, 0.2) is 200 Å². The lowest BCUT2D eigenvalue weighted by molar-refractivity contribution is 1.11. The van der Waals surface area contributed by atoms with Crippen molar-refractivity contribution in [3.05, 3.63) is 200 Å². The zero-order chi connectivity index (χ0) is 36.3. The summed E-state index contributed by atoms with van der Waals surface area (Å²) in [6.07, 6.45) is 3.84.